The number of nitrogens with one attached hydrogen (secondary N) is 6. The van der Waals surface area contributed by atoms with Gasteiger partial charge in [-0.1, -0.05) is 133 Å². The van der Waals surface area contributed by atoms with E-state index in [1.165, 1.54) is 10.5 Å². The van der Waals surface area contributed by atoms with Gasteiger partial charge < -0.3 is 46.6 Å². The minimum atomic E-state index is -0.963. The molecule has 0 saturated carbocycles. The fourth-order valence-corrected chi connectivity index (χ4v) is 10.5. The van der Waals surface area contributed by atoms with E-state index in [1.807, 2.05) is 114 Å². The molecule has 6 N–H and O–H groups in total. The van der Waals surface area contributed by atoms with Gasteiger partial charge in [0.05, 0.1) is 18.1 Å². The topological polar surface area (TPSA) is 201 Å². The molecule has 2 aliphatic heterocycles. The smallest absolute Gasteiger partial charge is 0.251 e. The van der Waals surface area contributed by atoms with Crippen LogP contribution in [0, 0.1) is 10.8 Å². The number of fused-ring (bicyclic) bond motifs is 2. The Morgan fingerprint density at radius 2 is 1.14 bits per heavy atom. The summed E-state index contributed by atoms with van der Waals surface area (Å²) in [6, 6.07) is 26.9. The molecule has 5 unspecified atom stereocenters. The molecule has 7 amide bonds. The van der Waals surface area contributed by atoms with Crippen molar-refractivity contribution in [1.29, 1.82) is 0 Å². The van der Waals surface area contributed by atoms with Gasteiger partial charge in [-0.2, -0.15) is 0 Å². The van der Waals surface area contributed by atoms with E-state index in [2.05, 4.69) is 38.0 Å². The first-order valence-electron chi connectivity index (χ1n) is 26.8. The van der Waals surface area contributed by atoms with Crippen LogP contribution in [0.1, 0.15) is 124 Å². The Morgan fingerprint density at radius 1 is 0.618 bits per heavy atom. The summed E-state index contributed by atoms with van der Waals surface area (Å²) in [5.41, 5.74) is 4.73. The quantitative estimate of drug-likeness (QED) is 0.0808. The molecular formula is C60H79N9O7. The third-order valence-electron chi connectivity index (χ3n) is 15.3. The average molecular weight is 1040 g/mol. The van der Waals surface area contributed by atoms with Gasteiger partial charge in [0.2, 0.25) is 35.4 Å². The molecule has 4 aromatic carbocycles. The summed E-state index contributed by atoms with van der Waals surface area (Å²) in [6.07, 6.45) is 3.02. The summed E-state index contributed by atoms with van der Waals surface area (Å²) < 4.78 is 0. The van der Waals surface area contributed by atoms with Gasteiger partial charge in [0, 0.05) is 44.2 Å². The number of benzene rings is 4. The molecule has 0 bridgehead atoms. The van der Waals surface area contributed by atoms with Gasteiger partial charge >= 0.3 is 0 Å². The highest BCUT2D eigenvalue weighted by Crippen LogP contribution is 2.33. The van der Waals surface area contributed by atoms with Crippen molar-refractivity contribution >= 4 is 41.4 Å². The van der Waals surface area contributed by atoms with Gasteiger partial charge in [-0.15, -0.1) is 0 Å². The highest BCUT2D eigenvalue weighted by atomic mass is 16.2. The van der Waals surface area contributed by atoms with Crippen LogP contribution in [-0.4, -0.2) is 119 Å². The molecule has 16 heteroatoms. The van der Waals surface area contributed by atoms with E-state index in [-0.39, 0.29) is 74.6 Å². The average Bonchev–Trinajstić information content (AvgIpc) is 3.85. The van der Waals surface area contributed by atoms with Crippen LogP contribution in [0.4, 0.5) is 0 Å². The molecule has 0 spiro atoms. The van der Waals surface area contributed by atoms with Crippen molar-refractivity contribution in [2.45, 2.75) is 155 Å². The largest absolute Gasteiger partial charge is 0.347 e. The zero-order valence-electron chi connectivity index (χ0n) is 46.0. The molecule has 406 valence electrons. The van der Waals surface area contributed by atoms with E-state index >= 15 is 4.79 Å². The van der Waals surface area contributed by atoms with Gasteiger partial charge in [0.25, 0.3) is 5.91 Å². The van der Waals surface area contributed by atoms with Crippen molar-refractivity contribution in [3.8, 4) is 0 Å². The number of rotatable bonds is 17. The van der Waals surface area contributed by atoms with Crippen molar-refractivity contribution in [3.63, 3.8) is 0 Å². The number of likely N-dealkylation sites (tertiary alicyclic amines) is 1. The van der Waals surface area contributed by atoms with Crippen LogP contribution in [0.25, 0.3) is 0 Å². The molecule has 16 nitrogen and oxygen atoms in total. The number of hydrogen-bond donors (Lipinski definition) is 6. The van der Waals surface area contributed by atoms with Crippen LogP contribution in [0.3, 0.4) is 0 Å². The lowest BCUT2D eigenvalue weighted by molar-refractivity contribution is -0.151. The number of carbonyl (C=O) groups is 7. The van der Waals surface area contributed by atoms with Gasteiger partial charge in [-0.25, -0.2) is 0 Å². The Morgan fingerprint density at radius 3 is 1.72 bits per heavy atom. The van der Waals surface area contributed by atoms with Crippen LogP contribution in [0.15, 0.2) is 103 Å². The fraction of sp³-hybridized carbons (Fsp3) is 0.483. The molecule has 1 aliphatic carbocycles. The molecule has 3 aliphatic rings. The van der Waals surface area contributed by atoms with Gasteiger partial charge in [-0.05, 0) is 110 Å². The van der Waals surface area contributed by atoms with E-state index in [1.54, 1.807) is 62.0 Å². The lowest BCUT2D eigenvalue weighted by atomic mass is 9.84. The predicted molar refractivity (Wildman–Crippen MR) is 293 cm³/mol. The number of aryl methyl sites for hydroxylation is 1. The highest BCUT2D eigenvalue weighted by Gasteiger charge is 2.47. The van der Waals surface area contributed by atoms with Crippen LogP contribution >= 0.6 is 0 Å². The van der Waals surface area contributed by atoms with E-state index in [0.29, 0.717) is 5.56 Å². The number of nitrogens with zero attached hydrogens (tertiary/aromatic N) is 3. The first-order chi connectivity index (χ1) is 36.1. The van der Waals surface area contributed by atoms with Gasteiger partial charge in [-0.3, -0.25) is 33.6 Å². The van der Waals surface area contributed by atoms with Crippen molar-refractivity contribution in [2.75, 3.05) is 20.6 Å². The van der Waals surface area contributed by atoms with Crippen LogP contribution in [-0.2, 0) is 61.2 Å². The highest BCUT2D eigenvalue weighted by molar-refractivity contribution is 5.97. The number of amides is 7. The molecule has 4 aromatic rings. The van der Waals surface area contributed by atoms with Gasteiger partial charge in [0.1, 0.15) is 24.2 Å². The van der Waals surface area contributed by atoms with Crippen molar-refractivity contribution < 1.29 is 33.6 Å². The van der Waals surface area contributed by atoms with Gasteiger partial charge in [0.15, 0.2) is 0 Å². The Balaban J connectivity index is 1.12. The molecular weight excluding hydrogens is 959 g/mol. The lowest BCUT2D eigenvalue weighted by Crippen LogP contribution is -2.62. The minimum Gasteiger partial charge on any atom is -0.347 e. The summed E-state index contributed by atoms with van der Waals surface area (Å²) in [5.74, 6) is -2.40. The summed E-state index contributed by atoms with van der Waals surface area (Å²) >= 11 is 0. The Labute approximate surface area is 448 Å². The lowest BCUT2D eigenvalue weighted by Gasteiger charge is -2.42. The molecule has 1 saturated heterocycles. The van der Waals surface area contributed by atoms with Crippen molar-refractivity contribution in [1.82, 2.24) is 46.6 Å². The predicted octanol–water partition coefficient (Wildman–Crippen LogP) is 5.34. The van der Waals surface area contributed by atoms with Crippen LogP contribution in [0.5, 0.6) is 0 Å². The Kier molecular flexibility index (Phi) is 18.2. The zero-order valence-corrected chi connectivity index (χ0v) is 46.0. The Bertz CT molecular complexity index is 2740. The fourth-order valence-electron chi connectivity index (χ4n) is 10.5. The third kappa shape index (κ3) is 13.5. The number of likely N-dealkylation sites (N-methyl/N-ethyl adjacent to an activating group) is 2. The molecule has 7 rings (SSSR count). The molecule has 1 fully saturated rings. The summed E-state index contributed by atoms with van der Waals surface area (Å²) in [4.78, 5) is 105. The third-order valence-corrected chi connectivity index (χ3v) is 15.3. The minimum absolute atomic E-state index is 0.0473. The second-order valence-electron chi connectivity index (χ2n) is 23.0. The van der Waals surface area contributed by atoms with Crippen molar-refractivity contribution in [2.24, 2.45) is 10.8 Å². The molecule has 0 radical (unpaired) electrons. The first-order valence-corrected chi connectivity index (χ1v) is 26.8. The van der Waals surface area contributed by atoms with E-state index in [4.69, 9.17) is 0 Å². The maximum atomic E-state index is 15.2. The standard InChI is InChI=1S/C60H79N9O7/c1-37(61-9)52(70)65-50(59(3,4)5)57(75)68-35-44-23-15-14-22-43(44)31-49(68)56(74)67(33-39-19-12-11-13-20-39)34-40-27-29-42(30-28-40)54(72)63-45-32-48(55(73)64-47-26-18-24-41-21-16-17-25-46(41)47)69(36-45)58(76)51(60(6,7)8)66-53(71)38(2)62-10/h11-17,19-23,25,27-30,37-38,45,47-51,61-62H,18,24,26,31-36H2,1-10H3,(H,63,72)(H,64,73)(H,65,70)(H,66,71)/t37?,38?,45-,47+,48-,49?,50?,51?/m0/s1. The maximum absolute atomic E-state index is 15.2. The summed E-state index contributed by atoms with van der Waals surface area (Å²) in [5, 5.41) is 18.2. The SMILES string of the molecule is CNC(C)C(=O)NC(C(=O)N1Cc2ccccc2CC1C(=O)N(Cc1ccccc1)Cc1ccc(C(=O)N[C@H]2C[C@@H](C(=O)N[C@@H]3CCCc4ccccc43)N(C(=O)C(NC(=O)C(C)NC)C(C)(C)C)C2)cc1)C(C)(C)C. The summed E-state index contributed by atoms with van der Waals surface area (Å²) in [7, 11) is 3.35. The van der Waals surface area contributed by atoms with Crippen LogP contribution in [0.2, 0.25) is 0 Å². The Hall–Kier alpha value is -6.91. The monoisotopic (exact) mass is 1040 g/mol. The number of hydrogen-bond acceptors (Lipinski definition) is 9. The van der Waals surface area contributed by atoms with E-state index in [9.17, 15) is 28.8 Å². The maximum Gasteiger partial charge on any atom is 0.251 e. The normalized spacial score (nSPS) is 19.9. The first kappa shape index (κ1) is 56.8. The number of carbonyl (C=O) groups excluding carboxylic acids is 7. The summed E-state index contributed by atoms with van der Waals surface area (Å²) in [6.45, 7) is 15.4. The van der Waals surface area contributed by atoms with E-state index in [0.717, 1.165) is 47.1 Å². The zero-order chi connectivity index (χ0) is 55.1. The molecule has 2 heterocycles. The second kappa shape index (κ2) is 24.4. The van der Waals surface area contributed by atoms with E-state index < -0.39 is 64.9 Å². The van der Waals surface area contributed by atoms with Crippen molar-refractivity contribution in [3.05, 3.63) is 142 Å². The molecule has 0 aromatic heterocycles. The van der Waals surface area contributed by atoms with Crippen LogP contribution < -0.4 is 31.9 Å². The molecule has 8 atom stereocenters. The molecule has 76 heavy (non-hydrogen) atoms. The second-order valence-corrected chi connectivity index (χ2v) is 23.0.